The number of aromatic nitrogens is 1. The number of hydrogen-bond donors (Lipinski definition) is 0. The average molecular weight is 373 g/mol. The van der Waals surface area contributed by atoms with Gasteiger partial charge in [0.05, 0.1) is 5.56 Å². The zero-order chi connectivity index (χ0) is 18.5. The van der Waals surface area contributed by atoms with Gasteiger partial charge >= 0.3 is 0 Å². The van der Waals surface area contributed by atoms with Gasteiger partial charge in [-0.2, -0.15) is 0 Å². The topological polar surface area (TPSA) is 39.7 Å². The summed E-state index contributed by atoms with van der Waals surface area (Å²) in [6, 6.07) is 11.8. The van der Waals surface area contributed by atoms with Crippen LogP contribution in [0.4, 0.5) is 11.5 Å². The molecule has 0 saturated carbocycles. The van der Waals surface area contributed by atoms with Crippen molar-refractivity contribution in [3.05, 3.63) is 53.2 Å². The Bertz CT molecular complexity index is 738. The number of carbonyl (C=O) groups excluding carboxylic acids is 1. The maximum atomic E-state index is 12.4. The smallest absolute Gasteiger partial charge is 0.255 e. The second-order valence-electron chi connectivity index (χ2n) is 6.34. The fourth-order valence-corrected chi connectivity index (χ4v) is 3.44. The van der Waals surface area contributed by atoms with Crippen LogP contribution in [0.1, 0.15) is 24.2 Å². The Balaban J connectivity index is 1.62. The highest BCUT2D eigenvalue weighted by molar-refractivity contribution is 6.30. The quantitative estimate of drug-likeness (QED) is 0.804. The van der Waals surface area contributed by atoms with Crippen LogP contribution >= 0.6 is 11.6 Å². The third-order valence-corrected chi connectivity index (χ3v) is 5.06. The number of carbonyl (C=O) groups is 1. The summed E-state index contributed by atoms with van der Waals surface area (Å²) >= 11 is 6.09. The summed E-state index contributed by atoms with van der Waals surface area (Å²) in [4.78, 5) is 23.3. The second kappa shape index (κ2) is 8.41. The van der Waals surface area contributed by atoms with Crippen molar-refractivity contribution >= 4 is 29.0 Å². The Morgan fingerprint density at radius 2 is 1.77 bits per heavy atom. The lowest BCUT2D eigenvalue weighted by Crippen LogP contribution is -2.46. The molecule has 1 aliphatic heterocycles. The van der Waals surface area contributed by atoms with E-state index in [9.17, 15) is 4.79 Å². The van der Waals surface area contributed by atoms with Crippen molar-refractivity contribution in [2.45, 2.75) is 13.8 Å². The SMILES string of the molecule is CCN(CC)C(=O)c1ccc(N2CCN(c3cccc(Cl)c3)CC2)nc1. The summed E-state index contributed by atoms with van der Waals surface area (Å²) in [7, 11) is 0. The predicted octanol–water partition coefficient (Wildman–Crippen LogP) is 3.54. The van der Waals surface area contributed by atoms with Gasteiger partial charge < -0.3 is 14.7 Å². The largest absolute Gasteiger partial charge is 0.368 e. The normalized spacial score (nSPS) is 14.4. The third kappa shape index (κ3) is 4.10. The zero-order valence-electron chi connectivity index (χ0n) is 15.4. The number of amides is 1. The van der Waals surface area contributed by atoms with Crippen molar-refractivity contribution in [1.82, 2.24) is 9.88 Å². The lowest BCUT2D eigenvalue weighted by molar-refractivity contribution is 0.0772. The summed E-state index contributed by atoms with van der Waals surface area (Å²) in [5.74, 6) is 0.965. The van der Waals surface area contributed by atoms with E-state index in [2.05, 4.69) is 20.9 Å². The van der Waals surface area contributed by atoms with Gasteiger partial charge in [-0.15, -0.1) is 0 Å². The van der Waals surface area contributed by atoms with Crippen LogP contribution in [0.15, 0.2) is 42.6 Å². The average Bonchev–Trinajstić information content (AvgIpc) is 2.69. The van der Waals surface area contributed by atoms with Gasteiger partial charge in [0.25, 0.3) is 5.91 Å². The lowest BCUT2D eigenvalue weighted by Gasteiger charge is -2.36. The molecule has 2 aromatic rings. The van der Waals surface area contributed by atoms with E-state index >= 15 is 0 Å². The highest BCUT2D eigenvalue weighted by Crippen LogP contribution is 2.22. The fourth-order valence-electron chi connectivity index (χ4n) is 3.26. The summed E-state index contributed by atoms with van der Waals surface area (Å²) < 4.78 is 0. The fraction of sp³-hybridized carbons (Fsp3) is 0.400. The number of piperazine rings is 1. The molecule has 1 fully saturated rings. The highest BCUT2D eigenvalue weighted by Gasteiger charge is 2.19. The van der Waals surface area contributed by atoms with Crippen molar-refractivity contribution < 1.29 is 4.79 Å². The van der Waals surface area contributed by atoms with E-state index in [4.69, 9.17) is 11.6 Å². The molecule has 1 saturated heterocycles. The predicted molar refractivity (Wildman–Crippen MR) is 107 cm³/mol. The van der Waals surface area contributed by atoms with E-state index in [0.717, 1.165) is 42.7 Å². The Hall–Kier alpha value is -2.27. The minimum atomic E-state index is 0.0415. The van der Waals surface area contributed by atoms with E-state index in [0.29, 0.717) is 18.7 Å². The first-order chi connectivity index (χ1) is 12.6. The van der Waals surface area contributed by atoms with Gasteiger partial charge in [0, 0.05) is 56.2 Å². The van der Waals surface area contributed by atoms with Gasteiger partial charge in [-0.05, 0) is 44.2 Å². The number of nitrogens with zero attached hydrogens (tertiary/aromatic N) is 4. The maximum Gasteiger partial charge on any atom is 0.255 e. The van der Waals surface area contributed by atoms with Crippen LogP contribution in [0.3, 0.4) is 0 Å². The molecule has 138 valence electrons. The van der Waals surface area contributed by atoms with Crippen LogP contribution < -0.4 is 9.80 Å². The molecule has 1 amide bonds. The monoisotopic (exact) mass is 372 g/mol. The van der Waals surface area contributed by atoms with E-state index in [1.54, 1.807) is 11.1 Å². The summed E-state index contributed by atoms with van der Waals surface area (Å²) in [6.07, 6.45) is 1.69. The Kier molecular flexibility index (Phi) is 5.99. The van der Waals surface area contributed by atoms with Crippen LogP contribution in [-0.2, 0) is 0 Å². The van der Waals surface area contributed by atoms with Crippen LogP contribution in [0.5, 0.6) is 0 Å². The number of pyridine rings is 1. The second-order valence-corrected chi connectivity index (χ2v) is 6.77. The molecule has 1 aromatic heterocycles. The van der Waals surface area contributed by atoms with Gasteiger partial charge in [0.15, 0.2) is 0 Å². The van der Waals surface area contributed by atoms with Gasteiger partial charge in [-0.1, -0.05) is 17.7 Å². The van der Waals surface area contributed by atoms with Crippen molar-refractivity contribution in [2.24, 2.45) is 0 Å². The molecule has 0 bridgehead atoms. The van der Waals surface area contributed by atoms with E-state index < -0.39 is 0 Å². The van der Waals surface area contributed by atoms with E-state index in [1.165, 1.54) is 0 Å². The molecule has 26 heavy (non-hydrogen) atoms. The van der Waals surface area contributed by atoms with Crippen LogP contribution in [0.25, 0.3) is 0 Å². The van der Waals surface area contributed by atoms with Crippen LogP contribution in [-0.4, -0.2) is 55.1 Å². The molecule has 3 rings (SSSR count). The molecular formula is C20H25ClN4O. The molecular weight excluding hydrogens is 348 g/mol. The van der Waals surface area contributed by atoms with Gasteiger partial charge in [0.2, 0.25) is 0 Å². The molecule has 0 radical (unpaired) electrons. The number of halogens is 1. The van der Waals surface area contributed by atoms with Crippen molar-refractivity contribution in [2.75, 3.05) is 49.1 Å². The Morgan fingerprint density at radius 3 is 2.35 bits per heavy atom. The number of rotatable bonds is 5. The standard InChI is InChI=1S/C20H25ClN4O/c1-3-23(4-2)20(26)16-8-9-19(22-15-16)25-12-10-24(11-13-25)18-7-5-6-17(21)14-18/h5-9,14-15H,3-4,10-13H2,1-2H3. The van der Waals surface area contributed by atoms with Gasteiger partial charge in [-0.3, -0.25) is 4.79 Å². The summed E-state index contributed by atoms with van der Waals surface area (Å²) in [5, 5.41) is 0.764. The molecule has 1 aliphatic rings. The molecule has 0 N–H and O–H groups in total. The van der Waals surface area contributed by atoms with E-state index in [-0.39, 0.29) is 5.91 Å². The molecule has 0 aliphatic carbocycles. The minimum absolute atomic E-state index is 0.0415. The third-order valence-electron chi connectivity index (χ3n) is 4.82. The van der Waals surface area contributed by atoms with Gasteiger partial charge in [-0.25, -0.2) is 4.98 Å². The molecule has 1 aromatic carbocycles. The first-order valence-corrected chi connectivity index (χ1v) is 9.51. The van der Waals surface area contributed by atoms with Crippen molar-refractivity contribution in [3.63, 3.8) is 0 Å². The molecule has 0 unspecified atom stereocenters. The first-order valence-electron chi connectivity index (χ1n) is 9.13. The van der Waals surface area contributed by atoms with Crippen molar-refractivity contribution in [1.29, 1.82) is 0 Å². The number of benzene rings is 1. The van der Waals surface area contributed by atoms with Gasteiger partial charge in [0.1, 0.15) is 5.82 Å². The van der Waals surface area contributed by atoms with Crippen LogP contribution in [0.2, 0.25) is 5.02 Å². The molecule has 5 nitrogen and oxygen atoms in total. The molecule has 6 heteroatoms. The number of hydrogen-bond acceptors (Lipinski definition) is 4. The lowest BCUT2D eigenvalue weighted by atomic mass is 10.2. The minimum Gasteiger partial charge on any atom is -0.368 e. The summed E-state index contributed by atoms with van der Waals surface area (Å²) in [5.41, 5.74) is 1.81. The molecule has 0 spiro atoms. The summed E-state index contributed by atoms with van der Waals surface area (Å²) in [6.45, 7) is 9.02. The maximum absolute atomic E-state index is 12.4. The molecule has 2 heterocycles. The van der Waals surface area contributed by atoms with E-state index in [1.807, 2.05) is 44.2 Å². The number of anilines is 2. The highest BCUT2D eigenvalue weighted by atomic mass is 35.5. The Labute approximate surface area is 160 Å². The first kappa shape index (κ1) is 18.5. The molecule has 0 atom stereocenters. The Morgan fingerprint density at radius 1 is 1.08 bits per heavy atom. The van der Waals surface area contributed by atoms with Crippen molar-refractivity contribution in [3.8, 4) is 0 Å². The zero-order valence-corrected chi connectivity index (χ0v) is 16.1. The van der Waals surface area contributed by atoms with Crippen LogP contribution in [0, 0.1) is 0 Å².